The van der Waals surface area contributed by atoms with E-state index < -0.39 is 57.3 Å². The molecule has 1 fully saturated rings. The van der Waals surface area contributed by atoms with Crippen molar-refractivity contribution in [2.24, 2.45) is 0 Å². The van der Waals surface area contributed by atoms with Crippen molar-refractivity contribution in [3.63, 3.8) is 0 Å². The van der Waals surface area contributed by atoms with E-state index in [0.29, 0.717) is 5.56 Å². The van der Waals surface area contributed by atoms with Crippen LogP contribution in [0.4, 0.5) is 10.5 Å². The zero-order valence-electron chi connectivity index (χ0n) is 21.5. The summed E-state index contributed by atoms with van der Waals surface area (Å²) in [4.78, 5) is 50.0. The maximum absolute atomic E-state index is 13.7. The SMILES string of the molecule is O=C(O)CC(NC(=O)C1N(C(=O)Oc2ccccc2)CCN1S(=O)(=O)Cc1ccccc1)c1cccc([N+](=O)[O-])c1. The van der Waals surface area contributed by atoms with Gasteiger partial charge in [-0.25, -0.2) is 13.2 Å². The number of hydrogen-bond acceptors (Lipinski definition) is 8. The number of carbonyl (C=O) groups is 3. The summed E-state index contributed by atoms with van der Waals surface area (Å²) in [6, 6.07) is 20.0. The Bertz CT molecular complexity index is 1530. The number of nitrogens with zero attached hydrogens (tertiary/aromatic N) is 3. The van der Waals surface area contributed by atoms with Crippen LogP contribution in [0.1, 0.15) is 23.6 Å². The quantitative estimate of drug-likeness (QED) is 0.269. The lowest BCUT2D eigenvalue weighted by Gasteiger charge is -2.30. The second kappa shape index (κ2) is 12.6. The van der Waals surface area contributed by atoms with E-state index in [-0.39, 0.29) is 30.1 Å². The van der Waals surface area contributed by atoms with E-state index in [2.05, 4.69) is 5.32 Å². The number of sulfonamides is 1. The van der Waals surface area contributed by atoms with Crippen LogP contribution in [0.15, 0.2) is 84.9 Å². The number of amides is 2. The Balaban J connectivity index is 1.67. The number of carbonyl (C=O) groups excluding carboxylic acids is 2. The standard InChI is InChI=1S/C27H26N4O9S/c32-24(33)17-23(20-10-7-11-21(16-20)31(36)37)28-25(34)26-29(27(35)40-22-12-5-2-6-13-22)14-15-30(26)41(38,39)18-19-8-3-1-4-9-19/h1-13,16,23,26H,14-15,17-18H2,(H,28,34)(H,32,33). The highest BCUT2D eigenvalue weighted by Gasteiger charge is 2.47. The van der Waals surface area contributed by atoms with Crippen LogP contribution < -0.4 is 10.1 Å². The first-order valence-corrected chi connectivity index (χ1v) is 14.0. The van der Waals surface area contributed by atoms with Crippen LogP contribution in [0.5, 0.6) is 5.75 Å². The molecule has 1 aliphatic rings. The predicted molar refractivity (Wildman–Crippen MR) is 145 cm³/mol. The largest absolute Gasteiger partial charge is 0.481 e. The first kappa shape index (κ1) is 29.2. The molecule has 0 saturated carbocycles. The molecular formula is C27H26N4O9S. The molecule has 0 bridgehead atoms. The summed E-state index contributed by atoms with van der Waals surface area (Å²) in [5, 5.41) is 23.2. The molecule has 3 aromatic rings. The number of benzene rings is 3. The highest BCUT2D eigenvalue weighted by molar-refractivity contribution is 7.88. The summed E-state index contributed by atoms with van der Waals surface area (Å²) in [7, 11) is -4.17. The third kappa shape index (κ3) is 7.23. The number of non-ortho nitro benzene ring substituents is 1. The van der Waals surface area contributed by atoms with Crippen molar-refractivity contribution in [2.45, 2.75) is 24.4 Å². The second-order valence-corrected chi connectivity index (χ2v) is 11.0. The van der Waals surface area contributed by atoms with Gasteiger partial charge in [-0.2, -0.15) is 4.31 Å². The van der Waals surface area contributed by atoms with Crippen molar-refractivity contribution >= 4 is 33.7 Å². The van der Waals surface area contributed by atoms with Gasteiger partial charge in [0.05, 0.1) is 23.1 Å². The molecule has 3 aromatic carbocycles. The molecule has 2 unspecified atom stereocenters. The van der Waals surface area contributed by atoms with Crippen molar-refractivity contribution in [1.29, 1.82) is 0 Å². The van der Waals surface area contributed by atoms with Gasteiger partial charge in [-0.3, -0.25) is 24.6 Å². The number of para-hydroxylation sites is 1. The molecule has 13 nitrogen and oxygen atoms in total. The average molecular weight is 583 g/mol. The van der Waals surface area contributed by atoms with Crippen LogP contribution in [0.25, 0.3) is 0 Å². The molecule has 0 aliphatic carbocycles. The Morgan fingerprint density at radius 1 is 1.00 bits per heavy atom. The van der Waals surface area contributed by atoms with Crippen molar-refractivity contribution in [2.75, 3.05) is 13.1 Å². The number of carboxylic acids is 1. The molecule has 0 radical (unpaired) electrons. The topological polar surface area (TPSA) is 176 Å². The minimum atomic E-state index is -4.17. The predicted octanol–water partition coefficient (Wildman–Crippen LogP) is 2.90. The zero-order valence-corrected chi connectivity index (χ0v) is 22.3. The number of rotatable bonds is 10. The zero-order chi connectivity index (χ0) is 29.6. The molecule has 2 atom stereocenters. The summed E-state index contributed by atoms with van der Waals surface area (Å²) in [5.41, 5.74) is 0.246. The minimum absolute atomic E-state index is 0.116. The van der Waals surface area contributed by atoms with Crippen molar-refractivity contribution in [3.8, 4) is 5.75 Å². The number of carboxylic acid groups (broad SMARTS) is 1. The summed E-state index contributed by atoms with van der Waals surface area (Å²) in [6.45, 7) is -0.407. The highest BCUT2D eigenvalue weighted by atomic mass is 32.2. The van der Waals surface area contributed by atoms with Gasteiger partial charge >= 0.3 is 12.1 Å². The molecule has 2 amide bonds. The lowest BCUT2D eigenvalue weighted by Crippen LogP contribution is -2.55. The van der Waals surface area contributed by atoms with E-state index in [0.717, 1.165) is 15.3 Å². The maximum Gasteiger partial charge on any atom is 0.417 e. The van der Waals surface area contributed by atoms with E-state index in [9.17, 15) is 38.0 Å². The third-order valence-electron chi connectivity index (χ3n) is 6.27. The van der Waals surface area contributed by atoms with E-state index in [1.54, 1.807) is 48.5 Å². The summed E-state index contributed by atoms with van der Waals surface area (Å²) >= 11 is 0. The molecule has 0 aromatic heterocycles. The molecule has 214 valence electrons. The van der Waals surface area contributed by atoms with Gasteiger partial charge in [0.2, 0.25) is 10.0 Å². The molecule has 41 heavy (non-hydrogen) atoms. The number of hydrogen-bond donors (Lipinski definition) is 2. The molecule has 14 heteroatoms. The fourth-order valence-corrected chi connectivity index (χ4v) is 6.06. The molecule has 1 aliphatic heterocycles. The normalized spacial score (nSPS) is 16.1. The third-order valence-corrected chi connectivity index (χ3v) is 8.07. The first-order valence-electron chi connectivity index (χ1n) is 12.4. The number of nitro benzene ring substituents is 1. The first-order chi connectivity index (χ1) is 19.5. The Labute approximate surface area is 235 Å². The summed E-state index contributed by atoms with van der Waals surface area (Å²) < 4.78 is 33.2. The van der Waals surface area contributed by atoms with E-state index >= 15 is 0 Å². The van der Waals surface area contributed by atoms with E-state index in [4.69, 9.17) is 4.74 Å². The number of nitro groups is 1. The fourth-order valence-electron chi connectivity index (χ4n) is 4.40. The Hall–Kier alpha value is -4.82. The van der Waals surface area contributed by atoms with Crippen LogP contribution in [-0.4, -0.2) is 64.9 Å². The fraction of sp³-hybridized carbons (Fsp3) is 0.222. The lowest BCUT2D eigenvalue weighted by molar-refractivity contribution is -0.384. The molecule has 0 spiro atoms. The van der Waals surface area contributed by atoms with Gasteiger partial charge in [0.1, 0.15) is 5.75 Å². The molecule has 4 rings (SSSR count). The molecular weight excluding hydrogens is 556 g/mol. The summed E-state index contributed by atoms with van der Waals surface area (Å²) in [5.74, 6) is -2.60. The van der Waals surface area contributed by atoms with Crippen LogP contribution in [-0.2, 0) is 25.4 Å². The van der Waals surface area contributed by atoms with Gasteiger partial charge in [0.15, 0.2) is 6.17 Å². The Kier molecular flexibility index (Phi) is 8.94. The number of ether oxygens (including phenoxy) is 1. The maximum atomic E-state index is 13.7. The second-order valence-electron chi connectivity index (χ2n) is 9.11. The van der Waals surface area contributed by atoms with Crippen LogP contribution in [0.3, 0.4) is 0 Å². The smallest absolute Gasteiger partial charge is 0.417 e. The minimum Gasteiger partial charge on any atom is -0.481 e. The van der Waals surface area contributed by atoms with Crippen LogP contribution in [0.2, 0.25) is 0 Å². The van der Waals surface area contributed by atoms with Gasteiger partial charge in [-0.1, -0.05) is 60.7 Å². The molecule has 1 saturated heterocycles. The highest BCUT2D eigenvalue weighted by Crippen LogP contribution is 2.27. The van der Waals surface area contributed by atoms with Crippen molar-refractivity contribution < 1.29 is 37.6 Å². The van der Waals surface area contributed by atoms with Gasteiger partial charge in [0, 0.05) is 25.2 Å². The van der Waals surface area contributed by atoms with Crippen molar-refractivity contribution in [1.82, 2.24) is 14.5 Å². The number of aliphatic carboxylic acids is 1. The van der Waals surface area contributed by atoms with Crippen LogP contribution >= 0.6 is 0 Å². The number of nitrogens with one attached hydrogen (secondary N) is 1. The monoisotopic (exact) mass is 582 g/mol. The van der Waals surface area contributed by atoms with Gasteiger partial charge in [0.25, 0.3) is 11.6 Å². The van der Waals surface area contributed by atoms with E-state index in [1.807, 2.05) is 0 Å². The lowest BCUT2D eigenvalue weighted by atomic mass is 10.0. The molecule has 2 N–H and O–H groups in total. The van der Waals surface area contributed by atoms with E-state index in [1.165, 1.54) is 30.3 Å². The molecule has 1 heterocycles. The average Bonchev–Trinajstić information content (AvgIpc) is 3.40. The van der Waals surface area contributed by atoms with Crippen LogP contribution in [0, 0.1) is 10.1 Å². The van der Waals surface area contributed by atoms with Gasteiger partial charge in [-0.15, -0.1) is 0 Å². The van der Waals surface area contributed by atoms with Gasteiger partial charge in [-0.05, 0) is 23.3 Å². The Morgan fingerprint density at radius 2 is 1.66 bits per heavy atom. The van der Waals surface area contributed by atoms with Gasteiger partial charge < -0.3 is 15.2 Å². The summed E-state index contributed by atoms with van der Waals surface area (Å²) in [6.07, 6.45) is -3.36. The van der Waals surface area contributed by atoms with Crippen molar-refractivity contribution in [3.05, 3.63) is 106 Å². The Morgan fingerprint density at radius 3 is 2.29 bits per heavy atom.